The lowest BCUT2D eigenvalue weighted by Gasteiger charge is -2.13. The van der Waals surface area contributed by atoms with Gasteiger partial charge in [-0.15, -0.1) is 5.10 Å². The average Bonchev–Trinajstić information content (AvgIpc) is 2.77. The van der Waals surface area contributed by atoms with Crippen molar-refractivity contribution in [2.24, 2.45) is 0 Å². The third-order valence-electron chi connectivity index (χ3n) is 3.20. The van der Waals surface area contributed by atoms with Gasteiger partial charge in [-0.25, -0.2) is 0 Å². The molecule has 0 radical (unpaired) electrons. The van der Waals surface area contributed by atoms with Gasteiger partial charge in [0.1, 0.15) is 0 Å². The van der Waals surface area contributed by atoms with Crippen molar-refractivity contribution in [3.63, 3.8) is 0 Å². The predicted molar refractivity (Wildman–Crippen MR) is 69.2 cm³/mol. The Labute approximate surface area is 112 Å². The van der Waals surface area contributed by atoms with Crippen LogP contribution in [-0.2, 0) is 17.9 Å². The molecule has 0 saturated carbocycles. The fourth-order valence-corrected chi connectivity index (χ4v) is 2.12. The first-order valence-corrected chi connectivity index (χ1v) is 6.80. The minimum atomic E-state index is -0.134. The maximum atomic E-state index is 11.7. The van der Waals surface area contributed by atoms with Crippen molar-refractivity contribution in [3.05, 3.63) is 11.9 Å². The monoisotopic (exact) mass is 267 g/mol. The fourth-order valence-electron chi connectivity index (χ4n) is 2.12. The first-order chi connectivity index (χ1) is 9.29. The summed E-state index contributed by atoms with van der Waals surface area (Å²) in [7, 11) is 0. The minimum Gasteiger partial charge on any atom is -0.396 e. The number of amides is 1. The first-order valence-electron chi connectivity index (χ1n) is 6.80. The first kappa shape index (κ1) is 14.0. The van der Waals surface area contributed by atoms with Crippen LogP contribution < -0.4 is 10.6 Å². The lowest BCUT2D eigenvalue weighted by atomic mass is 10.1. The van der Waals surface area contributed by atoms with Gasteiger partial charge in [0, 0.05) is 32.4 Å². The molecule has 3 N–H and O–H groups in total. The van der Waals surface area contributed by atoms with Gasteiger partial charge in [0.25, 0.3) is 0 Å². The second kappa shape index (κ2) is 7.20. The topological polar surface area (TPSA) is 92.1 Å². The lowest BCUT2D eigenvalue weighted by Crippen LogP contribution is -2.42. The average molecular weight is 267 g/mol. The van der Waals surface area contributed by atoms with Crippen LogP contribution in [0.2, 0.25) is 0 Å². The van der Waals surface area contributed by atoms with Crippen LogP contribution in [0.5, 0.6) is 0 Å². The lowest BCUT2D eigenvalue weighted by molar-refractivity contribution is -0.122. The molecule has 1 saturated heterocycles. The van der Waals surface area contributed by atoms with Crippen LogP contribution >= 0.6 is 0 Å². The molecule has 1 aromatic heterocycles. The van der Waals surface area contributed by atoms with E-state index in [-0.39, 0.29) is 18.6 Å². The Morgan fingerprint density at radius 1 is 1.53 bits per heavy atom. The molecule has 106 valence electrons. The summed E-state index contributed by atoms with van der Waals surface area (Å²) in [6, 6.07) is -0.134. The maximum absolute atomic E-state index is 11.7. The number of aryl methyl sites for hydroxylation is 1. The van der Waals surface area contributed by atoms with E-state index in [1.807, 2.05) is 6.20 Å². The van der Waals surface area contributed by atoms with Gasteiger partial charge in [0.05, 0.1) is 11.7 Å². The van der Waals surface area contributed by atoms with E-state index in [1.165, 1.54) is 0 Å². The second-order valence-electron chi connectivity index (χ2n) is 4.77. The molecular weight excluding hydrogens is 246 g/mol. The van der Waals surface area contributed by atoms with Crippen LogP contribution in [0.1, 0.15) is 31.4 Å². The smallest absolute Gasteiger partial charge is 0.237 e. The van der Waals surface area contributed by atoms with Crippen LogP contribution in [0.15, 0.2) is 6.20 Å². The predicted octanol–water partition coefficient (Wildman–Crippen LogP) is -0.581. The van der Waals surface area contributed by atoms with Crippen LogP contribution in [0.3, 0.4) is 0 Å². The molecule has 1 aliphatic rings. The standard InChI is InChI=1S/C12H21N5O2/c18-7-3-6-17-9-10(15-16-17)8-14-11-4-1-2-5-13-12(11)19/h9,11,14,18H,1-8H2,(H,13,19). The summed E-state index contributed by atoms with van der Waals surface area (Å²) in [4.78, 5) is 11.7. The summed E-state index contributed by atoms with van der Waals surface area (Å²) in [5, 5.41) is 22.9. The Morgan fingerprint density at radius 2 is 2.42 bits per heavy atom. The minimum absolute atomic E-state index is 0.0742. The number of aliphatic hydroxyl groups excluding tert-OH is 1. The largest absolute Gasteiger partial charge is 0.396 e. The number of nitrogens with zero attached hydrogens (tertiary/aromatic N) is 3. The van der Waals surface area contributed by atoms with Crippen LogP contribution in [0, 0.1) is 0 Å². The van der Waals surface area contributed by atoms with Gasteiger partial charge in [0.2, 0.25) is 5.91 Å². The van der Waals surface area contributed by atoms with Crippen molar-refractivity contribution in [2.45, 2.75) is 44.8 Å². The highest BCUT2D eigenvalue weighted by molar-refractivity contribution is 5.81. The van der Waals surface area contributed by atoms with Gasteiger partial charge in [-0.05, 0) is 25.7 Å². The van der Waals surface area contributed by atoms with Crippen LogP contribution in [0.25, 0.3) is 0 Å². The van der Waals surface area contributed by atoms with Crippen molar-refractivity contribution in [2.75, 3.05) is 13.2 Å². The molecule has 7 heteroatoms. The summed E-state index contributed by atoms with van der Waals surface area (Å²) in [5.74, 6) is 0.0742. The number of nitrogens with one attached hydrogen (secondary N) is 2. The molecule has 1 aromatic rings. The highest BCUT2D eigenvalue weighted by Gasteiger charge is 2.19. The van der Waals surface area contributed by atoms with Gasteiger partial charge in [0.15, 0.2) is 0 Å². The molecule has 0 aliphatic carbocycles. The summed E-state index contributed by atoms with van der Waals surface area (Å²) in [6.07, 6.45) is 5.48. The molecule has 2 rings (SSSR count). The van der Waals surface area contributed by atoms with E-state index in [1.54, 1.807) is 4.68 Å². The number of hydrogen-bond donors (Lipinski definition) is 3. The number of rotatable bonds is 6. The van der Waals surface area contributed by atoms with E-state index < -0.39 is 0 Å². The van der Waals surface area contributed by atoms with Crippen molar-refractivity contribution < 1.29 is 9.90 Å². The van der Waals surface area contributed by atoms with Gasteiger partial charge in [-0.2, -0.15) is 0 Å². The third kappa shape index (κ3) is 4.29. The Balaban J connectivity index is 1.80. The van der Waals surface area contributed by atoms with Crippen LogP contribution in [-0.4, -0.2) is 45.2 Å². The van der Waals surface area contributed by atoms with E-state index in [9.17, 15) is 4.79 Å². The maximum Gasteiger partial charge on any atom is 0.237 e. The Bertz CT molecular complexity index is 407. The summed E-state index contributed by atoms with van der Waals surface area (Å²) in [6.45, 7) is 2.12. The number of carbonyl (C=O) groups is 1. The molecule has 2 heterocycles. The Kier molecular flexibility index (Phi) is 5.29. The van der Waals surface area contributed by atoms with E-state index >= 15 is 0 Å². The molecule has 0 bridgehead atoms. The Morgan fingerprint density at radius 3 is 3.26 bits per heavy atom. The Hall–Kier alpha value is -1.47. The molecule has 1 amide bonds. The molecule has 0 spiro atoms. The number of aromatic nitrogens is 3. The molecule has 1 fully saturated rings. The molecule has 7 nitrogen and oxygen atoms in total. The molecular formula is C12H21N5O2. The van der Waals surface area contributed by atoms with E-state index in [2.05, 4.69) is 20.9 Å². The number of hydrogen-bond acceptors (Lipinski definition) is 5. The zero-order valence-electron chi connectivity index (χ0n) is 11.0. The van der Waals surface area contributed by atoms with E-state index in [4.69, 9.17) is 5.11 Å². The van der Waals surface area contributed by atoms with Crippen molar-refractivity contribution in [3.8, 4) is 0 Å². The molecule has 1 atom stereocenters. The molecule has 0 aromatic carbocycles. The van der Waals surface area contributed by atoms with Gasteiger partial charge in [-0.1, -0.05) is 5.21 Å². The van der Waals surface area contributed by atoms with Crippen molar-refractivity contribution in [1.82, 2.24) is 25.6 Å². The van der Waals surface area contributed by atoms with Crippen molar-refractivity contribution >= 4 is 5.91 Å². The van der Waals surface area contributed by atoms with Gasteiger partial charge < -0.3 is 15.7 Å². The normalized spacial score (nSPS) is 20.1. The van der Waals surface area contributed by atoms with Crippen LogP contribution in [0.4, 0.5) is 0 Å². The highest BCUT2D eigenvalue weighted by Crippen LogP contribution is 2.06. The summed E-state index contributed by atoms with van der Waals surface area (Å²) >= 11 is 0. The van der Waals surface area contributed by atoms with E-state index in [0.29, 0.717) is 19.5 Å². The fraction of sp³-hybridized carbons (Fsp3) is 0.750. The zero-order valence-corrected chi connectivity index (χ0v) is 11.0. The number of carbonyl (C=O) groups excluding carboxylic acids is 1. The molecule has 1 unspecified atom stereocenters. The SMILES string of the molecule is O=C1NCCCCC1NCc1cn(CCCO)nn1. The quantitative estimate of drug-likeness (QED) is 0.641. The van der Waals surface area contributed by atoms with Crippen molar-refractivity contribution in [1.29, 1.82) is 0 Å². The van der Waals surface area contributed by atoms with Gasteiger partial charge in [-0.3, -0.25) is 9.48 Å². The third-order valence-corrected chi connectivity index (χ3v) is 3.20. The number of aliphatic hydroxyl groups is 1. The summed E-state index contributed by atoms with van der Waals surface area (Å²) in [5.41, 5.74) is 0.815. The van der Waals surface area contributed by atoms with Gasteiger partial charge >= 0.3 is 0 Å². The second-order valence-corrected chi connectivity index (χ2v) is 4.77. The highest BCUT2D eigenvalue weighted by atomic mass is 16.3. The molecule has 19 heavy (non-hydrogen) atoms. The van der Waals surface area contributed by atoms with E-state index in [0.717, 1.165) is 31.5 Å². The summed E-state index contributed by atoms with van der Waals surface area (Å²) < 4.78 is 1.71. The zero-order chi connectivity index (χ0) is 13.5. The molecule has 1 aliphatic heterocycles.